The topological polar surface area (TPSA) is 62.2 Å². The van der Waals surface area contributed by atoms with Gasteiger partial charge >= 0.3 is 0 Å². The first kappa shape index (κ1) is 23.4. The van der Waals surface area contributed by atoms with Crippen molar-refractivity contribution in [1.29, 1.82) is 0 Å². The van der Waals surface area contributed by atoms with E-state index in [0.717, 1.165) is 18.1 Å². The Labute approximate surface area is 165 Å². The van der Waals surface area contributed by atoms with Crippen molar-refractivity contribution in [2.45, 2.75) is 50.9 Å². The number of carbonyl (C=O) groups is 1. The van der Waals surface area contributed by atoms with Crippen LogP contribution in [0.4, 0.5) is 13.2 Å². The fourth-order valence-electron chi connectivity index (χ4n) is 3.18. The summed E-state index contributed by atoms with van der Waals surface area (Å²) >= 11 is 8.55. The van der Waals surface area contributed by atoms with E-state index < -0.39 is 49.9 Å². The number of nitrogens with zero attached hydrogens (tertiary/aromatic N) is 1. The molecular formula is C16H23BrClF3N2O2Si. The van der Waals surface area contributed by atoms with Crippen molar-refractivity contribution in [2.24, 2.45) is 0 Å². The number of carbonyl (C=O) groups excluding carboxylic acids is 1. The first-order chi connectivity index (χ1) is 12.2. The van der Waals surface area contributed by atoms with Crippen LogP contribution < -0.4 is 10.5 Å². The Kier molecular flexibility index (Phi) is 8.57. The third-order valence-electron chi connectivity index (χ3n) is 5.06. The van der Waals surface area contributed by atoms with Crippen molar-refractivity contribution < 1.29 is 23.1 Å². The van der Waals surface area contributed by atoms with Crippen LogP contribution in [0.5, 0.6) is 0 Å². The molecule has 1 heterocycles. The second kappa shape index (κ2) is 9.52. The van der Waals surface area contributed by atoms with Crippen molar-refractivity contribution in [1.82, 2.24) is 10.3 Å². The van der Waals surface area contributed by atoms with Gasteiger partial charge in [-0.1, -0.05) is 38.9 Å². The second-order valence-electron chi connectivity index (χ2n) is 6.11. The van der Waals surface area contributed by atoms with E-state index in [1.807, 2.05) is 26.1 Å². The molecule has 0 fully saturated rings. The third-order valence-corrected chi connectivity index (χ3v) is 11.3. The highest BCUT2D eigenvalue weighted by Gasteiger charge is 2.48. The van der Waals surface area contributed by atoms with Gasteiger partial charge in [0.25, 0.3) is 6.43 Å². The molecule has 0 aliphatic carbocycles. The first-order valence-corrected chi connectivity index (χ1v) is 12.3. The molecule has 0 saturated heterocycles. The summed E-state index contributed by atoms with van der Waals surface area (Å²) in [7, 11) is -2.29. The van der Waals surface area contributed by atoms with Gasteiger partial charge in [0.1, 0.15) is 22.0 Å². The quantitative estimate of drug-likeness (QED) is 0.326. The van der Waals surface area contributed by atoms with Crippen LogP contribution in [0, 0.1) is 5.82 Å². The van der Waals surface area contributed by atoms with Crippen LogP contribution in [0.3, 0.4) is 0 Å². The number of pyridine rings is 1. The molecule has 2 N–H and O–H groups in total. The number of amides is 1. The number of nitrogens with one attached hydrogen (secondary N) is 1. The van der Waals surface area contributed by atoms with Crippen molar-refractivity contribution in [3.8, 4) is 0 Å². The van der Waals surface area contributed by atoms with Gasteiger partial charge in [0.2, 0.25) is 5.91 Å². The largest absolute Gasteiger partial charge is 0.393 e. The molecule has 4 nitrogen and oxygen atoms in total. The summed E-state index contributed by atoms with van der Waals surface area (Å²) in [5.41, 5.74) is -3.34. The minimum Gasteiger partial charge on any atom is -0.393 e. The van der Waals surface area contributed by atoms with Crippen LogP contribution in [-0.4, -0.2) is 43.0 Å². The van der Waals surface area contributed by atoms with Crippen molar-refractivity contribution in [2.75, 3.05) is 12.5 Å². The highest BCUT2D eigenvalue weighted by molar-refractivity contribution is 9.10. The number of aromatic nitrogens is 1. The van der Waals surface area contributed by atoms with E-state index in [1.165, 1.54) is 6.07 Å². The van der Waals surface area contributed by atoms with Crippen LogP contribution in [0.1, 0.15) is 26.5 Å². The minimum absolute atomic E-state index is 0.176. The summed E-state index contributed by atoms with van der Waals surface area (Å²) in [5, 5.41) is 12.0. The minimum atomic E-state index is -3.29. The maximum absolute atomic E-state index is 15.4. The fourth-order valence-corrected chi connectivity index (χ4v) is 7.54. The van der Waals surface area contributed by atoms with E-state index in [1.54, 1.807) is 0 Å². The summed E-state index contributed by atoms with van der Waals surface area (Å²) in [4.78, 5) is 15.5. The Morgan fingerprint density at radius 1 is 1.38 bits per heavy atom. The van der Waals surface area contributed by atoms with E-state index in [0.29, 0.717) is 5.19 Å². The molecule has 0 bridgehead atoms. The Morgan fingerprint density at radius 2 is 1.92 bits per heavy atom. The number of aliphatic hydroxyl groups excluding tert-OH is 1. The average molecular weight is 476 g/mol. The van der Waals surface area contributed by atoms with E-state index in [-0.39, 0.29) is 4.60 Å². The molecule has 1 rings (SSSR count). The molecule has 10 heteroatoms. The van der Waals surface area contributed by atoms with E-state index in [9.17, 15) is 18.7 Å². The third kappa shape index (κ3) is 4.26. The lowest BCUT2D eigenvalue weighted by Gasteiger charge is -2.35. The van der Waals surface area contributed by atoms with Gasteiger partial charge in [0.05, 0.1) is 14.7 Å². The Hall–Kier alpha value is -0.643. The lowest BCUT2D eigenvalue weighted by molar-refractivity contribution is -0.125. The van der Waals surface area contributed by atoms with Crippen LogP contribution in [0.25, 0.3) is 0 Å². The Morgan fingerprint density at radius 3 is 2.31 bits per heavy atom. The smallest absolute Gasteiger partial charge is 0.269 e. The van der Waals surface area contributed by atoms with Crippen LogP contribution in [0.15, 0.2) is 10.7 Å². The Balaban J connectivity index is 3.77. The predicted molar refractivity (Wildman–Crippen MR) is 102 cm³/mol. The molecule has 0 aliphatic heterocycles. The molecular weight excluding hydrogens is 453 g/mol. The van der Waals surface area contributed by atoms with Gasteiger partial charge in [0, 0.05) is 0 Å². The zero-order chi connectivity index (χ0) is 20.1. The van der Waals surface area contributed by atoms with Gasteiger partial charge in [-0.2, -0.15) is 0 Å². The number of alkyl halides is 3. The molecule has 26 heavy (non-hydrogen) atoms. The van der Waals surface area contributed by atoms with E-state index in [4.69, 9.17) is 11.6 Å². The maximum Gasteiger partial charge on any atom is 0.269 e. The normalized spacial score (nSPS) is 14.4. The zero-order valence-electron chi connectivity index (χ0n) is 14.9. The summed E-state index contributed by atoms with van der Waals surface area (Å²) in [6.45, 7) is 4.64. The van der Waals surface area contributed by atoms with Crippen molar-refractivity contribution in [3.63, 3.8) is 0 Å². The second-order valence-corrected chi connectivity index (χ2v) is 12.4. The average Bonchev–Trinajstić information content (AvgIpc) is 2.63. The van der Waals surface area contributed by atoms with E-state index in [2.05, 4.69) is 20.9 Å². The standard InChI is InChI=1S/C16H23BrClF3N2O2Si/c1-4-26(5-2,6-3)10-7-11(17)22-14(13(10)19)16(9-24,15(20)21)23-12(25)8-18/h7,15,24H,4-6,8-9H2,1-3H3,(H,23,25). The highest BCUT2D eigenvalue weighted by Crippen LogP contribution is 2.32. The first-order valence-electron chi connectivity index (χ1n) is 8.30. The molecule has 0 radical (unpaired) electrons. The molecule has 1 aromatic rings. The van der Waals surface area contributed by atoms with Crippen LogP contribution >= 0.6 is 27.5 Å². The van der Waals surface area contributed by atoms with Gasteiger partial charge in [-0.05, 0) is 27.2 Å². The zero-order valence-corrected chi connectivity index (χ0v) is 18.2. The van der Waals surface area contributed by atoms with Gasteiger partial charge < -0.3 is 10.4 Å². The lowest BCUT2D eigenvalue weighted by atomic mass is 9.95. The molecule has 1 amide bonds. The molecule has 1 unspecified atom stereocenters. The Bertz CT molecular complexity index is 642. The van der Waals surface area contributed by atoms with Gasteiger partial charge in [-0.15, -0.1) is 11.6 Å². The fraction of sp³-hybridized carbons (Fsp3) is 0.625. The van der Waals surface area contributed by atoms with Gasteiger partial charge in [-0.3, -0.25) is 4.79 Å². The van der Waals surface area contributed by atoms with E-state index >= 15 is 4.39 Å². The predicted octanol–water partition coefficient (Wildman–Crippen LogP) is 3.51. The highest BCUT2D eigenvalue weighted by atomic mass is 79.9. The molecule has 0 spiro atoms. The monoisotopic (exact) mass is 474 g/mol. The molecule has 148 valence electrons. The summed E-state index contributed by atoms with van der Waals surface area (Å²) < 4.78 is 43.4. The van der Waals surface area contributed by atoms with Gasteiger partial charge in [0.15, 0.2) is 5.54 Å². The lowest BCUT2D eigenvalue weighted by Crippen LogP contribution is -2.57. The molecule has 1 aromatic heterocycles. The summed E-state index contributed by atoms with van der Waals surface area (Å²) in [6, 6.07) is 3.70. The van der Waals surface area contributed by atoms with Gasteiger partial charge in [-0.25, -0.2) is 18.2 Å². The summed E-state index contributed by atoms with van der Waals surface area (Å²) in [5.74, 6) is -2.45. The van der Waals surface area contributed by atoms with Crippen LogP contribution in [0.2, 0.25) is 18.1 Å². The van der Waals surface area contributed by atoms with Crippen LogP contribution in [-0.2, 0) is 10.3 Å². The molecule has 0 aliphatic rings. The maximum atomic E-state index is 15.4. The number of halogens is 5. The molecule has 1 atom stereocenters. The number of hydrogen-bond donors (Lipinski definition) is 2. The van der Waals surface area contributed by atoms with Crippen molar-refractivity contribution >= 4 is 46.7 Å². The number of aliphatic hydroxyl groups is 1. The molecule has 0 saturated carbocycles. The SMILES string of the molecule is CC[Si](CC)(CC)c1cc(Br)nc(C(CO)(NC(=O)CCl)C(F)F)c1F. The summed E-state index contributed by atoms with van der Waals surface area (Å²) in [6.07, 6.45) is -3.29. The molecule has 0 aromatic carbocycles. The number of rotatable bonds is 9. The number of hydrogen-bond acceptors (Lipinski definition) is 3. The van der Waals surface area contributed by atoms with Crippen molar-refractivity contribution in [3.05, 3.63) is 22.2 Å².